The molecule has 2 rings (SSSR count). The topological polar surface area (TPSA) is 76.7 Å². The SMILES string of the molecule is COCC(=O)Nc1cccc(CNC(=O)c2ccc(OC(F)F)cc2)c1. The number of nitrogens with one attached hydrogen (secondary N) is 2. The Hall–Kier alpha value is -3.00. The van der Waals surface area contributed by atoms with Gasteiger partial charge in [-0.15, -0.1) is 0 Å². The predicted molar refractivity (Wildman–Crippen MR) is 91.2 cm³/mol. The van der Waals surface area contributed by atoms with Gasteiger partial charge in [-0.3, -0.25) is 9.59 Å². The molecule has 0 aliphatic heterocycles. The number of ether oxygens (including phenoxy) is 2. The summed E-state index contributed by atoms with van der Waals surface area (Å²) >= 11 is 0. The monoisotopic (exact) mass is 364 g/mol. The molecular formula is C18H18F2N2O4. The summed E-state index contributed by atoms with van der Waals surface area (Å²) in [6, 6.07) is 12.4. The van der Waals surface area contributed by atoms with Gasteiger partial charge in [0.2, 0.25) is 5.91 Å². The smallest absolute Gasteiger partial charge is 0.387 e. The lowest BCUT2D eigenvalue weighted by atomic mass is 10.1. The van der Waals surface area contributed by atoms with Crippen molar-refractivity contribution in [3.63, 3.8) is 0 Å². The summed E-state index contributed by atoms with van der Waals surface area (Å²) in [6.45, 7) is -2.72. The minimum atomic E-state index is -2.91. The lowest BCUT2D eigenvalue weighted by Gasteiger charge is -2.09. The van der Waals surface area contributed by atoms with Crippen molar-refractivity contribution < 1.29 is 27.8 Å². The summed E-state index contributed by atoms with van der Waals surface area (Å²) in [5.74, 6) is -0.654. The van der Waals surface area contributed by atoms with Gasteiger partial charge in [-0.25, -0.2) is 0 Å². The van der Waals surface area contributed by atoms with E-state index < -0.39 is 6.61 Å². The van der Waals surface area contributed by atoms with Crippen LogP contribution in [0.4, 0.5) is 14.5 Å². The fraction of sp³-hybridized carbons (Fsp3) is 0.222. The summed E-state index contributed by atoms with van der Waals surface area (Å²) < 4.78 is 33.2. The molecule has 8 heteroatoms. The third-order valence-electron chi connectivity index (χ3n) is 3.28. The standard InChI is InChI=1S/C18H18F2N2O4/c1-25-11-16(23)22-14-4-2-3-12(9-14)10-21-17(24)13-5-7-15(8-6-13)26-18(19)20/h2-9,18H,10-11H2,1H3,(H,21,24)(H,22,23). The van der Waals surface area contributed by atoms with Crippen molar-refractivity contribution in [3.8, 4) is 5.75 Å². The average molecular weight is 364 g/mol. The summed E-state index contributed by atoms with van der Waals surface area (Å²) in [4.78, 5) is 23.6. The van der Waals surface area contributed by atoms with E-state index in [2.05, 4.69) is 15.4 Å². The van der Waals surface area contributed by atoms with Gasteiger partial charge in [-0.05, 0) is 42.0 Å². The Labute approximate surface area is 149 Å². The predicted octanol–water partition coefficient (Wildman–Crippen LogP) is 2.80. The number of carbonyl (C=O) groups excluding carboxylic acids is 2. The Morgan fingerprint density at radius 3 is 2.50 bits per heavy atom. The second kappa shape index (κ2) is 9.47. The van der Waals surface area contributed by atoms with Crippen LogP contribution >= 0.6 is 0 Å². The van der Waals surface area contributed by atoms with Crippen molar-refractivity contribution in [1.29, 1.82) is 0 Å². The number of methoxy groups -OCH3 is 1. The molecule has 0 fully saturated rings. The van der Waals surface area contributed by atoms with E-state index in [-0.39, 0.29) is 30.7 Å². The molecule has 0 aliphatic rings. The zero-order valence-electron chi connectivity index (χ0n) is 14.0. The van der Waals surface area contributed by atoms with Gasteiger partial charge in [0.25, 0.3) is 5.91 Å². The van der Waals surface area contributed by atoms with Crippen LogP contribution in [0.15, 0.2) is 48.5 Å². The van der Waals surface area contributed by atoms with Crippen molar-refractivity contribution in [2.75, 3.05) is 19.0 Å². The molecule has 0 unspecified atom stereocenters. The molecule has 0 atom stereocenters. The highest BCUT2D eigenvalue weighted by Crippen LogP contribution is 2.15. The van der Waals surface area contributed by atoms with Gasteiger partial charge in [0.15, 0.2) is 0 Å². The highest BCUT2D eigenvalue weighted by atomic mass is 19.3. The van der Waals surface area contributed by atoms with E-state index in [1.54, 1.807) is 24.3 Å². The van der Waals surface area contributed by atoms with Crippen LogP contribution in [0.3, 0.4) is 0 Å². The van der Waals surface area contributed by atoms with Crippen LogP contribution < -0.4 is 15.4 Å². The Kier molecular flexibility index (Phi) is 7.04. The van der Waals surface area contributed by atoms with Gasteiger partial charge in [-0.2, -0.15) is 8.78 Å². The molecular weight excluding hydrogens is 346 g/mol. The minimum Gasteiger partial charge on any atom is -0.435 e. The molecule has 0 aromatic heterocycles. The van der Waals surface area contributed by atoms with Gasteiger partial charge < -0.3 is 20.1 Å². The molecule has 26 heavy (non-hydrogen) atoms. The van der Waals surface area contributed by atoms with Crippen LogP contribution in [0.2, 0.25) is 0 Å². The van der Waals surface area contributed by atoms with E-state index in [1.807, 2.05) is 0 Å². The second-order valence-electron chi connectivity index (χ2n) is 5.27. The van der Waals surface area contributed by atoms with Crippen LogP contribution in [0.25, 0.3) is 0 Å². The first-order valence-corrected chi connectivity index (χ1v) is 7.68. The summed E-state index contributed by atoms with van der Waals surface area (Å²) in [6.07, 6.45) is 0. The number of anilines is 1. The number of rotatable bonds is 8. The highest BCUT2D eigenvalue weighted by Gasteiger charge is 2.08. The quantitative estimate of drug-likeness (QED) is 0.755. The lowest BCUT2D eigenvalue weighted by Crippen LogP contribution is -2.23. The molecule has 0 saturated carbocycles. The normalized spacial score (nSPS) is 10.5. The Morgan fingerprint density at radius 1 is 1.12 bits per heavy atom. The fourth-order valence-electron chi connectivity index (χ4n) is 2.16. The molecule has 2 amide bonds. The molecule has 2 aromatic carbocycles. The Balaban J connectivity index is 1.91. The number of hydrogen-bond donors (Lipinski definition) is 2. The number of amides is 2. The van der Waals surface area contributed by atoms with Crippen molar-refractivity contribution in [3.05, 3.63) is 59.7 Å². The Morgan fingerprint density at radius 2 is 1.85 bits per heavy atom. The van der Waals surface area contributed by atoms with Crippen LogP contribution in [-0.2, 0) is 16.1 Å². The van der Waals surface area contributed by atoms with Gasteiger partial charge >= 0.3 is 6.61 Å². The zero-order valence-corrected chi connectivity index (χ0v) is 14.0. The number of carbonyl (C=O) groups is 2. The molecule has 6 nitrogen and oxygen atoms in total. The maximum absolute atomic E-state index is 12.1. The Bertz CT molecular complexity index is 751. The maximum atomic E-state index is 12.1. The van der Waals surface area contributed by atoms with Gasteiger partial charge in [0.1, 0.15) is 12.4 Å². The molecule has 0 heterocycles. The van der Waals surface area contributed by atoms with Crippen molar-refractivity contribution >= 4 is 17.5 Å². The van der Waals surface area contributed by atoms with Gasteiger partial charge in [0, 0.05) is 24.9 Å². The molecule has 0 radical (unpaired) electrons. The average Bonchev–Trinajstić information content (AvgIpc) is 2.60. The summed E-state index contributed by atoms with van der Waals surface area (Å²) in [5, 5.41) is 5.39. The third kappa shape index (κ3) is 6.14. The van der Waals surface area contributed by atoms with E-state index in [0.29, 0.717) is 11.3 Å². The van der Waals surface area contributed by atoms with Gasteiger partial charge in [-0.1, -0.05) is 12.1 Å². The van der Waals surface area contributed by atoms with E-state index in [9.17, 15) is 18.4 Å². The zero-order chi connectivity index (χ0) is 18.9. The molecule has 2 aromatic rings. The van der Waals surface area contributed by atoms with Crippen LogP contribution in [0, 0.1) is 0 Å². The van der Waals surface area contributed by atoms with E-state index >= 15 is 0 Å². The first-order valence-electron chi connectivity index (χ1n) is 7.68. The summed E-state index contributed by atoms with van der Waals surface area (Å²) in [5.41, 5.74) is 1.69. The van der Waals surface area contributed by atoms with Crippen LogP contribution in [-0.4, -0.2) is 32.1 Å². The number of hydrogen-bond acceptors (Lipinski definition) is 4. The number of benzene rings is 2. The number of alkyl halides is 2. The maximum Gasteiger partial charge on any atom is 0.387 e. The van der Waals surface area contributed by atoms with Crippen LogP contribution in [0.5, 0.6) is 5.75 Å². The van der Waals surface area contributed by atoms with Gasteiger partial charge in [0.05, 0.1) is 0 Å². The molecule has 138 valence electrons. The highest BCUT2D eigenvalue weighted by molar-refractivity contribution is 5.94. The first kappa shape index (κ1) is 19.3. The molecule has 0 bridgehead atoms. The largest absolute Gasteiger partial charge is 0.435 e. The van der Waals surface area contributed by atoms with Crippen molar-refractivity contribution in [1.82, 2.24) is 5.32 Å². The van der Waals surface area contributed by atoms with Crippen molar-refractivity contribution in [2.45, 2.75) is 13.2 Å². The second-order valence-corrected chi connectivity index (χ2v) is 5.27. The third-order valence-corrected chi connectivity index (χ3v) is 3.28. The molecule has 0 aliphatic carbocycles. The number of halogens is 2. The van der Waals surface area contributed by atoms with Crippen molar-refractivity contribution in [2.24, 2.45) is 0 Å². The first-order chi connectivity index (χ1) is 12.5. The molecule has 0 spiro atoms. The minimum absolute atomic E-state index is 0.0175. The van der Waals surface area contributed by atoms with Crippen LogP contribution in [0.1, 0.15) is 15.9 Å². The van der Waals surface area contributed by atoms with E-state index in [1.165, 1.54) is 31.4 Å². The van der Waals surface area contributed by atoms with E-state index in [0.717, 1.165) is 5.56 Å². The summed E-state index contributed by atoms with van der Waals surface area (Å²) in [7, 11) is 1.43. The molecule has 0 saturated heterocycles. The van der Waals surface area contributed by atoms with E-state index in [4.69, 9.17) is 4.74 Å². The molecule has 2 N–H and O–H groups in total. The fourth-order valence-corrected chi connectivity index (χ4v) is 2.16. The lowest BCUT2D eigenvalue weighted by molar-refractivity contribution is -0.119.